The van der Waals surface area contributed by atoms with Crippen LogP contribution >= 0.6 is 0 Å². The molecular weight excluding hydrogens is 294 g/mol. The Hall–Kier alpha value is -2.28. The van der Waals surface area contributed by atoms with Crippen LogP contribution in [0.25, 0.3) is 0 Å². The van der Waals surface area contributed by atoms with Crippen LogP contribution < -0.4 is 4.72 Å². The molecule has 0 aliphatic heterocycles. The van der Waals surface area contributed by atoms with Crippen molar-refractivity contribution in [1.29, 1.82) is 0 Å². The van der Waals surface area contributed by atoms with Gasteiger partial charge in [0, 0.05) is 5.69 Å². The van der Waals surface area contributed by atoms with Gasteiger partial charge in [-0.1, -0.05) is 11.6 Å². The van der Waals surface area contributed by atoms with Gasteiger partial charge >= 0.3 is 5.97 Å². The molecule has 0 radical (unpaired) electrons. The van der Waals surface area contributed by atoms with Crippen LogP contribution in [0.4, 0.5) is 5.69 Å². The SMILES string of the molecule is CC1=CC=C(S(=O)(=O)Nc2ccc(O)c(C(=O)O)c2)CC1. The van der Waals surface area contributed by atoms with Gasteiger partial charge in [0.15, 0.2) is 0 Å². The molecular formula is C14H15NO5S. The first-order valence-corrected chi connectivity index (χ1v) is 7.73. The number of carboxylic acids is 1. The molecule has 0 saturated heterocycles. The Morgan fingerprint density at radius 2 is 1.95 bits per heavy atom. The molecule has 0 fully saturated rings. The number of hydrogen-bond donors (Lipinski definition) is 3. The number of carbonyl (C=O) groups is 1. The lowest BCUT2D eigenvalue weighted by Crippen LogP contribution is -2.16. The Morgan fingerprint density at radius 1 is 1.24 bits per heavy atom. The van der Waals surface area contributed by atoms with Crippen molar-refractivity contribution in [3.63, 3.8) is 0 Å². The highest BCUT2D eigenvalue weighted by atomic mass is 32.2. The topological polar surface area (TPSA) is 104 Å². The largest absolute Gasteiger partial charge is 0.507 e. The molecule has 1 aliphatic rings. The van der Waals surface area contributed by atoms with Crippen LogP contribution in [0.1, 0.15) is 30.1 Å². The third-order valence-corrected chi connectivity index (χ3v) is 4.68. The fourth-order valence-electron chi connectivity index (χ4n) is 1.94. The maximum atomic E-state index is 12.2. The van der Waals surface area contributed by atoms with E-state index in [9.17, 15) is 18.3 Å². The number of allylic oxidation sites excluding steroid dienone is 4. The van der Waals surface area contributed by atoms with Crippen molar-refractivity contribution in [2.24, 2.45) is 0 Å². The predicted molar refractivity (Wildman–Crippen MR) is 78.7 cm³/mol. The van der Waals surface area contributed by atoms with Crippen molar-refractivity contribution in [1.82, 2.24) is 0 Å². The summed E-state index contributed by atoms with van der Waals surface area (Å²) in [5.41, 5.74) is 0.840. The summed E-state index contributed by atoms with van der Waals surface area (Å²) < 4.78 is 26.7. The zero-order chi connectivity index (χ0) is 15.6. The monoisotopic (exact) mass is 309 g/mol. The number of sulfonamides is 1. The van der Waals surface area contributed by atoms with Gasteiger partial charge < -0.3 is 10.2 Å². The summed E-state index contributed by atoms with van der Waals surface area (Å²) in [6.07, 6.45) is 4.36. The normalized spacial score (nSPS) is 15.1. The van der Waals surface area contributed by atoms with Crippen molar-refractivity contribution in [3.05, 3.63) is 46.4 Å². The minimum absolute atomic E-state index is 0.0948. The van der Waals surface area contributed by atoms with E-state index in [-0.39, 0.29) is 16.2 Å². The van der Waals surface area contributed by atoms with E-state index in [1.165, 1.54) is 6.07 Å². The minimum Gasteiger partial charge on any atom is -0.507 e. The second-order valence-electron chi connectivity index (χ2n) is 4.79. The molecule has 3 N–H and O–H groups in total. The minimum atomic E-state index is -3.72. The van der Waals surface area contributed by atoms with Crippen LogP contribution in [-0.4, -0.2) is 24.6 Å². The van der Waals surface area contributed by atoms with Gasteiger partial charge in [0.2, 0.25) is 0 Å². The molecule has 1 aromatic carbocycles. The molecule has 0 atom stereocenters. The van der Waals surface area contributed by atoms with Crippen LogP contribution in [0.5, 0.6) is 5.75 Å². The van der Waals surface area contributed by atoms with Crippen LogP contribution in [0.3, 0.4) is 0 Å². The van der Waals surface area contributed by atoms with Crippen molar-refractivity contribution in [2.45, 2.75) is 19.8 Å². The highest BCUT2D eigenvalue weighted by molar-refractivity contribution is 7.96. The van der Waals surface area contributed by atoms with E-state index in [1.807, 2.05) is 6.92 Å². The smallest absolute Gasteiger partial charge is 0.339 e. The molecule has 0 spiro atoms. The van der Waals surface area contributed by atoms with Crippen LogP contribution in [0.15, 0.2) is 40.8 Å². The predicted octanol–water partition coefficient (Wildman–Crippen LogP) is 2.46. The second-order valence-corrected chi connectivity index (χ2v) is 6.52. The Morgan fingerprint density at radius 3 is 2.52 bits per heavy atom. The van der Waals surface area contributed by atoms with Crippen LogP contribution in [-0.2, 0) is 10.0 Å². The van der Waals surface area contributed by atoms with E-state index < -0.39 is 21.7 Å². The van der Waals surface area contributed by atoms with E-state index in [0.29, 0.717) is 12.8 Å². The molecule has 21 heavy (non-hydrogen) atoms. The Kier molecular flexibility index (Phi) is 4.04. The fourth-order valence-corrected chi connectivity index (χ4v) is 3.12. The molecule has 112 valence electrons. The van der Waals surface area contributed by atoms with Crippen molar-refractivity contribution in [3.8, 4) is 5.75 Å². The second kappa shape index (κ2) is 5.61. The van der Waals surface area contributed by atoms with Crippen molar-refractivity contribution >= 4 is 21.7 Å². The van der Waals surface area contributed by atoms with E-state index in [1.54, 1.807) is 12.2 Å². The summed E-state index contributed by atoms with van der Waals surface area (Å²) in [7, 11) is -3.72. The van der Waals surface area contributed by atoms with Crippen molar-refractivity contribution in [2.75, 3.05) is 4.72 Å². The molecule has 7 heteroatoms. The molecule has 1 aliphatic carbocycles. The molecule has 1 aromatic rings. The molecule has 0 heterocycles. The molecule has 6 nitrogen and oxygen atoms in total. The third-order valence-electron chi connectivity index (χ3n) is 3.14. The maximum absolute atomic E-state index is 12.2. The van der Waals surface area contributed by atoms with E-state index in [0.717, 1.165) is 17.7 Å². The standard InChI is InChI=1S/C14H15NO5S/c1-9-2-5-11(6-3-9)21(19,20)15-10-4-7-13(16)12(8-10)14(17)18/h2,4-5,7-8,15-16H,3,6H2,1H3,(H,17,18). The molecule has 0 saturated carbocycles. The average Bonchev–Trinajstić information content (AvgIpc) is 2.41. The van der Waals surface area contributed by atoms with Crippen molar-refractivity contribution < 1.29 is 23.4 Å². The highest BCUT2D eigenvalue weighted by Gasteiger charge is 2.20. The van der Waals surface area contributed by atoms with Gasteiger partial charge in [-0.3, -0.25) is 4.72 Å². The summed E-state index contributed by atoms with van der Waals surface area (Å²) in [5.74, 6) is -1.75. The number of rotatable bonds is 4. The molecule has 2 rings (SSSR count). The van der Waals surface area contributed by atoms with Crippen LogP contribution in [0, 0.1) is 0 Å². The third kappa shape index (κ3) is 3.43. The lowest BCUT2D eigenvalue weighted by Gasteiger charge is -2.14. The molecule has 0 bridgehead atoms. The number of aromatic hydroxyl groups is 1. The number of hydrogen-bond acceptors (Lipinski definition) is 4. The number of phenols is 1. The number of nitrogens with one attached hydrogen (secondary N) is 1. The van der Waals surface area contributed by atoms with Gasteiger partial charge in [-0.05, 0) is 44.0 Å². The lowest BCUT2D eigenvalue weighted by atomic mass is 10.1. The highest BCUT2D eigenvalue weighted by Crippen LogP contribution is 2.26. The first-order chi connectivity index (χ1) is 9.79. The summed E-state index contributed by atoms with van der Waals surface area (Å²) in [5, 5.41) is 18.3. The summed E-state index contributed by atoms with van der Waals surface area (Å²) in [6.45, 7) is 1.92. The van der Waals surface area contributed by atoms with Gasteiger partial charge in [-0.2, -0.15) is 0 Å². The first-order valence-electron chi connectivity index (χ1n) is 6.25. The Balaban J connectivity index is 2.29. The fraction of sp³-hybridized carbons (Fsp3) is 0.214. The van der Waals surface area contributed by atoms with Crippen LogP contribution in [0.2, 0.25) is 0 Å². The molecule has 0 amide bonds. The summed E-state index contributed by atoms with van der Waals surface area (Å²) in [6, 6.07) is 3.53. The van der Waals surface area contributed by atoms with E-state index >= 15 is 0 Å². The van der Waals surface area contributed by atoms with E-state index in [2.05, 4.69) is 4.72 Å². The Labute approximate surface area is 122 Å². The maximum Gasteiger partial charge on any atom is 0.339 e. The van der Waals surface area contributed by atoms with Gasteiger partial charge in [0.05, 0.1) is 4.91 Å². The first kappa shape index (κ1) is 15.1. The van der Waals surface area contributed by atoms with Gasteiger partial charge in [0.1, 0.15) is 11.3 Å². The zero-order valence-electron chi connectivity index (χ0n) is 11.3. The molecule has 0 unspecified atom stereocenters. The number of aromatic carboxylic acids is 1. The van der Waals surface area contributed by atoms with Gasteiger partial charge in [-0.25, -0.2) is 13.2 Å². The van der Waals surface area contributed by atoms with Gasteiger partial charge in [-0.15, -0.1) is 0 Å². The zero-order valence-corrected chi connectivity index (χ0v) is 12.1. The average molecular weight is 309 g/mol. The molecule has 0 aromatic heterocycles. The van der Waals surface area contributed by atoms with Gasteiger partial charge in [0.25, 0.3) is 10.0 Å². The Bertz CT molecular complexity index is 747. The summed E-state index contributed by atoms with van der Waals surface area (Å²) in [4.78, 5) is 11.2. The number of benzene rings is 1. The lowest BCUT2D eigenvalue weighted by molar-refractivity contribution is 0.0694. The number of carboxylic acid groups (broad SMARTS) is 1. The number of anilines is 1. The quantitative estimate of drug-likeness (QED) is 0.741. The van der Waals surface area contributed by atoms with E-state index in [4.69, 9.17) is 5.11 Å². The summed E-state index contributed by atoms with van der Waals surface area (Å²) >= 11 is 0.